The number of carbonyl (C=O) groups is 1. The zero-order valence-corrected chi connectivity index (χ0v) is 12.9. The first-order valence-corrected chi connectivity index (χ1v) is 7.59. The van der Waals surface area contributed by atoms with E-state index in [0.29, 0.717) is 5.75 Å². The summed E-state index contributed by atoms with van der Waals surface area (Å²) in [7, 11) is 0. The Bertz CT molecular complexity index is 381. The lowest BCUT2D eigenvalue weighted by Gasteiger charge is -2.19. The lowest BCUT2D eigenvalue weighted by Crippen LogP contribution is -2.41. The Morgan fingerprint density at radius 3 is 2.50 bits per heavy atom. The molecule has 3 nitrogen and oxygen atoms in total. The number of halogens is 1. The lowest BCUT2D eigenvalue weighted by atomic mass is 10.1. The van der Waals surface area contributed by atoms with Crippen LogP contribution in [0.5, 0.6) is 0 Å². The van der Waals surface area contributed by atoms with Gasteiger partial charge in [-0.05, 0) is 30.2 Å². The molecule has 0 radical (unpaired) electrons. The molecule has 0 aliphatic rings. The normalized spacial score (nSPS) is 12.5. The third kappa shape index (κ3) is 5.42. The second kappa shape index (κ2) is 7.81. The number of aliphatic hydroxyl groups is 1. The minimum atomic E-state index is -0.164. The number of hydrogen-bond donors (Lipinski definition) is 2. The van der Waals surface area contributed by atoms with Crippen molar-refractivity contribution in [3.63, 3.8) is 0 Å². The van der Waals surface area contributed by atoms with Crippen LogP contribution >= 0.6 is 27.7 Å². The van der Waals surface area contributed by atoms with Crippen LogP contribution in [-0.4, -0.2) is 29.4 Å². The molecule has 1 rings (SSSR count). The van der Waals surface area contributed by atoms with Gasteiger partial charge in [-0.2, -0.15) is 0 Å². The van der Waals surface area contributed by atoms with Gasteiger partial charge >= 0.3 is 0 Å². The fraction of sp³-hybridized carbons (Fsp3) is 0.462. The average molecular weight is 332 g/mol. The van der Waals surface area contributed by atoms with Crippen LogP contribution in [0.4, 0.5) is 0 Å². The van der Waals surface area contributed by atoms with E-state index in [0.717, 1.165) is 9.37 Å². The summed E-state index contributed by atoms with van der Waals surface area (Å²) in [6.07, 6.45) is 0. The fourth-order valence-corrected chi connectivity index (χ4v) is 2.33. The van der Waals surface area contributed by atoms with Crippen molar-refractivity contribution in [2.24, 2.45) is 5.92 Å². The van der Waals surface area contributed by atoms with Gasteiger partial charge in [0.2, 0.25) is 5.91 Å². The van der Waals surface area contributed by atoms with Crippen molar-refractivity contribution in [2.45, 2.75) is 24.8 Å². The van der Waals surface area contributed by atoms with E-state index in [1.165, 1.54) is 11.8 Å². The van der Waals surface area contributed by atoms with Gasteiger partial charge in [-0.15, -0.1) is 11.8 Å². The maximum absolute atomic E-state index is 11.7. The molecule has 0 aromatic heterocycles. The third-order valence-electron chi connectivity index (χ3n) is 2.53. The van der Waals surface area contributed by atoms with Gasteiger partial charge in [-0.3, -0.25) is 4.79 Å². The van der Waals surface area contributed by atoms with Crippen molar-refractivity contribution in [2.75, 3.05) is 12.4 Å². The van der Waals surface area contributed by atoms with E-state index in [-0.39, 0.29) is 24.5 Å². The van der Waals surface area contributed by atoms with Crippen LogP contribution < -0.4 is 5.32 Å². The van der Waals surface area contributed by atoms with Crippen molar-refractivity contribution in [1.82, 2.24) is 5.32 Å². The van der Waals surface area contributed by atoms with E-state index in [2.05, 4.69) is 21.2 Å². The molecule has 100 valence electrons. The second-order valence-corrected chi connectivity index (χ2v) is 6.31. The molecule has 2 N–H and O–H groups in total. The molecular weight excluding hydrogens is 314 g/mol. The van der Waals surface area contributed by atoms with E-state index in [1.54, 1.807) is 0 Å². The summed E-state index contributed by atoms with van der Waals surface area (Å²) >= 11 is 4.85. The molecular formula is C13H18BrNO2S. The molecule has 1 amide bonds. The van der Waals surface area contributed by atoms with Crippen LogP contribution in [0, 0.1) is 5.92 Å². The minimum absolute atomic E-state index is 0.0215. The van der Waals surface area contributed by atoms with E-state index in [1.807, 2.05) is 38.1 Å². The van der Waals surface area contributed by atoms with E-state index in [4.69, 9.17) is 5.11 Å². The molecule has 1 atom stereocenters. The molecule has 0 saturated carbocycles. The standard InChI is InChI=1S/C13H18BrNO2S/c1-9(2)12(7-16)15-13(17)8-18-11-5-3-10(14)4-6-11/h3-6,9,12,16H,7-8H2,1-2H3,(H,15,17). The van der Waals surface area contributed by atoms with Crippen molar-refractivity contribution in [3.8, 4) is 0 Å². The van der Waals surface area contributed by atoms with Crippen LogP contribution in [0.3, 0.4) is 0 Å². The molecule has 0 fully saturated rings. The number of rotatable bonds is 6. The van der Waals surface area contributed by atoms with Crippen LogP contribution in [0.15, 0.2) is 33.6 Å². The van der Waals surface area contributed by atoms with Crippen LogP contribution in [0.2, 0.25) is 0 Å². The van der Waals surface area contributed by atoms with Crippen molar-refractivity contribution < 1.29 is 9.90 Å². The summed E-state index contributed by atoms with van der Waals surface area (Å²) in [5.74, 6) is 0.553. The Hall–Kier alpha value is -0.520. The number of aliphatic hydroxyl groups excluding tert-OH is 1. The Labute approximate surface area is 120 Å². The summed E-state index contributed by atoms with van der Waals surface area (Å²) in [4.78, 5) is 12.8. The summed E-state index contributed by atoms with van der Waals surface area (Å²) in [6.45, 7) is 3.93. The summed E-state index contributed by atoms with van der Waals surface area (Å²) in [6, 6.07) is 7.67. The second-order valence-electron chi connectivity index (χ2n) is 4.34. The first-order valence-electron chi connectivity index (χ1n) is 5.81. The number of carbonyl (C=O) groups excluding carboxylic acids is 1. The van der Waals surface area contributed by atoms with Crippen molar-refractivity contribution in [1.29, 1.82) is 0 Å². The quantitative estimate of drug-likeness (QED) is 0.788. The minimum Gasteiger partial charge on any atom is -0.394 e. The molecule has 0 bridgehead atoms. The van der Waals surface area contributed by atoms with Gasteiger partial charge in [0.1, 0.15) is 0 Å². The Morgan fingerprint density at radius 1 is 1.39 bits per heavy atom. The van der Waals surface area contributed by atoms with E-state index >= 15 is 0 Å². The molecule has 0 spiro atoms. The lowest BCUT2D eigenvalue weighted by molar-refractivity contribution is -0.119. The Kier molecular flexibility index (Phi) is 6.75. The highest BCUT2D eigenvalue weighted by atomic mass is 79.9. The fourth-order valence-electron chi connectivity index (χ4n) is 1.35. The number of amides is 1. The SMILES string of the molecule is CC(C)C(CO)NC(=O)CSc1ccc(Br)cc1. The molecule has 18 heavy (non-hydrogen) atoms. The van der Waals surface area contributed by atoms with Crippen LogP contribution in [0.25, 0.3) is 0 Å². The molecule has 5 heteroatoms. The average Bonchev–Trinajstić information content (AvgIpc) is 2.35. The van der Waals surface area contributed by atoms with Crippen LogP contribution in [-0.2, 0) is 4.79 Å². The van der Waals surface area contributed by atoms with E-state index in [9.17, 15) is 4.79 Å². The number of benzene rings is 1. The maximum Gasteiger partial charge on any atom is 0.230 e. The molecule has 0 heterocycles. The predicted molar refractivity (Wildman–Crippen MR) is 78.7 cm³/mol. The number of nitrogens with one attached hydrogen (secondary N) is 1. The summed E-state index contributed by atoms with van der Waals surface area (Å²) < 4.78 is 1.02. The zero-order valence-electron chi connectivity index (χ0n) is 10.5. The Morgan fingerprint density at radius 2 is 2.00 bits per heavy atom. The smallest absolute Gasteiger partial charge is 0.230 e. The van der Waals surface area contributed by atoms with E-state index < -0.39 is 0 Å². The molecule has 1 aromatic carbocycles. The topological polar surface area (TPSA) is 49.3 Å². The highest BCUT2D eigenvalue weighted by Crippen LogP contribution is 2.20. The maximum atomic E-state index is 11.7. The highest BCUT2D eigenvalue weighted by molar-refractivity contribution is 9.10. The highest BCUT2D eigenvalue weighted by Gasteiger charge is 2.14. The van der Waals surface area contributed by atoms with Gasteiger partial charge in [0.25, 0.3) is 0 Å². The summed E-state index contributed by atoms with van der Waals surface area (Å²) in [5, 5.41) is 12.0. The first kappa shape index (κ1) is 15.5. The predicted octanol–water partition coefficient (Wildman–Crippen LogP) is 2.67. The number of thioether (sulfide) groups is 1. The third-order valence-corrected chi connectivity index (χ3v) is 4.07. The van der Waals surface area contributed by atoms with Crippen molar-refractivity contribution >= 4 is 33.6 Å². The van der Waals surface area contributed by atoms with Crippen LogP contribution in [0.1, 0.15) is 13.8 Å². The van der Waals surface area contributed by atoms with Gasteiger partial charge < -0.3 is 10.4 Å². The van der Waals surface area contributed by atoms with Gasteiger partial charge in [-0.1, -0.05) is 29.8 Å². The zero-order chi connectivity index (χ0) is 13.5. The van der Waals surface area contributed by atoms with Gasteiger partial charge in [0.05, 0.1) is 18.4 Å². The molecule has 1 aromatic rings. The first-order chi connectivity index (χ1) is 8.52. The largest absolute Gasteiger partial charge is 0.394 e. The Balaban J connectivity index is 2.39. The molecule has 1 unspecified atom stereocenters. The van der Waals surface area contributed by atoms with Crippen molar-refractivity contribution in [3.05, 3.63) is 28.7 Å². The summed E-state index contributed by atoms with van der Waals surface area (Å²) in [5.41, 5.74) is 0. The molecule has 0 aliphatic heterocycles. The van der Waals surface area contributed by atoms with Gasteiger partial charge in [0.15, 0.2) is 0 Å². The monoisotopic (exact) mass is 331 g/mol. The van der Waals surface area contributed by atoms with Gasteiger partial charge in [0, 0.05) is 9.37 Å². The van der Waals surface area contributed by atoms with Gasteiger partial charge in [-0.25, -0.2) is 0 Å². The molecule has 0 saturated heterocycles. The number of hydrogen-bond acceptors (Lipinski definition) is 3. The molecule has 0 aliphatic carbocycles.